The molecule has 5 rings (SSSR count). The lowest BCUT2D eigenvalue weighted by Crippen LogP contribution is -2.36. The van der Waals surface area contributed by atoms with Gasteiger partial charge in [0, 0.05) is 51.9 Å². The van der Waals surface area contributed by atoms with Gasteiger partial charge in [-0.2, -0.15) is 18.2 Å². The molecule has 2 aromatic heterocycles. The second kappa shape index (κ2) is 12.1. The minimum atomic E-state index is -4.80. The van der Waals surface area contributed by atoms with Crippen LogP contribution in [-0.2, 0) is 23.8 Å². The number of Topliss-reactive ketones (excluding diaryl/α,β-unsaturated/α-hetero) is 1. The third-order valence-electron chi connectivity index (χ3n) is 7.31. The average Bonchev–Trinajstić information content (AvgIpc) is 3.28. The molecular formula is C29H32F3N5O3. The molecular weight excluding hydrogens is 523 g/mol. The summed E-state index contributed by atoms with van der Waals surface area (Å²) >= 11 is 0. The van der Waals surface area contributed by atoms with Gasteiger partial charge < -0.3 is 19.1 Å². The van der Waals surface area contributed by atoms with E-state index in [-0.39, 0.29) is 18.3 Å². The zero-order valence-electron chi connectivity index (χ0n) is 22.2. The Balaban J connectivity index is 1.21. The molecule has 40 heavy (non-hydrogen) atoms. The van der Waals surface area contributed by atoms with Crippen LogP contribution < -0.4 is 9.80 Å². The van der Waals surface area contributed by atoms with E-state index >= 15 is 0 Å². The first kappa shape index (κ1) is 27.7. The fourth-order valence-electron chi connectivity index (χ4n) is 5.16. The first-order valence-electron chi connectivity index (χ1n) is 13.7. The van der Waals surface area contributed by atoms with Crippen molar-refractivity contribution < 1.29 is 27.2 Å². The molecule has 212 valence electrons. The molecule has 2 fully saturated rings. The van der Waals surface area contributed by atoms with Crippen LogP contribution in [0.25, 0.3) is 0 Å². The van der Waals surface area contributed by atoms with E-state index in [1.54, 1.807) is 17.0 Å². The lowest BCUT2D eigenvalue weighted by molar-refractivity contribution is -0.141. The smallest absolute Gasteiger partial charge is 0.420 e. The molecule has 0 aliphatic carbocycles. The van der Waals surface area contributed by atoms with Crippen LogP contribution >= 0.6 is 0 Å². The molecule has 1 aromatic carbocycles. The summed E-state index contributed by atoms with van der Waals surface area (Å²) in [6, 6.07) is 12.9. The summed E-state index contributed by atoms with van der Waals surface area (Å²) in [6.45, 7) is 3.65. The average molecular weight is 556 g/mol. The molecule has 3 aromatic rings. The molecule has 0 unspecified atom stereocenters. The van der Waals surface area contributed by atoms with E-state index in [0.717, 1.165) is 31.2 Å². The molecule has 8 nitrogen and oxygen atoms in total. The Labute approximate surface area is 230 Å². The molecule has 11 heteroatoms. The van der Waals surface area contributed by atoms with Crippen molar-refractivity contribution in [2.75, 3.05) is 49.1 Å². The van der Waals surface area contributed by atoms with Gasteiger partial charge >= 0.3 is 6.18 Å². The predicted molar refractivity (Wildman–Crippen MR) is 143 cm³/mol. The largest absolute Gasteiger partial charge is 0.437 e. The molecule has 2 aliphatic heterocycles. The highest BCUT2D eigenvalue weighted by Crippen LogP contribution is 2.35. The second-order valence-corrected chi connectivity index (χ2v) is 10.2. The number of rotatable bonds is 7. The predicted octanol–water partition coefficient (Wildman–Crippen LogP) is 4.79. The fraction of sp³-hybridized carbons (Fsp3) is 0.448. The number of carbonyl (C=O) groups is 2. The van der Waals surface area contributed by atoms with Crippen molar-refractivity contribution in [3.8, 4) is 0 Å². The zero-order chi connectivity index (χ0) is 28.1. The van der Waals surface area contributed by atoms with E-state index in [0.29, 0.717) is 57.1 Å². The second-order valence-electron chi connectivity index (χ2n) is 10.2. The van der Waals surface area contributed by atoms with Gasteiger partial charge in [-0.05, 0) is 42.9 Å². The summed E-state index contributed by atoms with van der Waals surface area (Å²) in [5.74, 6) is -0.773. The highest BCUT2D eigenvalue weighted by Gasteiger charge is 2.41. The van der Waals surface area contributed by atoms with Gasteiger partial charge in [-0.3, -0.25) is 9.59 Å². The minimum absolute atomic E-state index is 0.0870. The lowest BCUT2D eigenvalue weighted by atomic mass is 10.1. The molecule has 2 saturated heterocycles. The number of aromatic nitrogens is 2. The van der Waals surface area contributed by atoms with Crippen molar-refractivity contribution >= 4 is 23.5 Å². The number of carbonyl (C=O) groups excluding carboxylic acids is 2. The lowest BCUT2D eigenvalue weighted by Gasteiger charge is -2.24. The number of ketones is 1. The van der Waals surface area contributed by atoms with Crippen molar-refractivity contribution in [3.05, 3.63) is 71.2 Å². The van der Waals surface area contributed by atoms with Crippen molar-refractivity contribution in [1.82, 2.24) is 14.9 Å². The Morgan fingerprint density at radius 1 is 0.800 bits per heavy atom. The first-order valence-corrected chi connectivity index (χ1v) is 13.7. The Bertz CT molecular complexity index is 1300. The van der Waals surface area contributed by atoms with Crippen LogP contribution in [-0.4, -0.2) is 65.8 Å². The highest BCUT2D eigenvalue weighted by atomic mass is 19.4. The molecule has 1 amide bonds. The van der Waals surface area contributed by atoms with E-state index < -0.39 is 23.4 Å². The minimum Gasteiger partial charge on any atom is -0.420 e. The van der Waals surface area contributed by atoms with Crippen LogP contribution in [0.1, 0.15) is 53.1 Å². The number of alkyl halides is 3. The van der Waals surface area contributed by atoms with Gasteiger partial charge in [-0.15, -0.1) is 0 Å². The van der Waals surface area contributed by atoms with E-state index in [1.165, 1.54) is 6.20 Å². The van der Waals surface area contributed by atoms with Gasteiger partial charge in [0.1, 0.15) is 5.82 Å². The quantitative estimate of drug-likeness (QED) is 0.388. The summed E-state index contributed by atoms with van der Waals surface area (Å²) in [6.07, 6.45) is 0.247. The third-order valence-corrected chi connectivity index (χ3v) is 7.31. The van der Waals surface area contributed by atoms with Gasteiger partial charge in [0.15, 0.2) is 5.69 Å². The molecule has 0 N–H and O–H groups in total. The van der Waals surface area contributed by atoms with Crippen molar-refractivity contribution in [1.29, 1.82) is 0 Å². The topological polar surface area (TPSA) is 82.8 Å². The molecule has 2 aliphatic rings. The van der Waals surface area contributed by atoms with Crippen molar-refractivity contribution in [2.24, 2.45) is 0 Å². The Hall–Kier alpha value is -3.89. The summed E-state index contributed by atoms with van der Waals surface area (Å²) in [5, 5.41) is 0. The van der Waals surface area contributed by atoms with Crippen LogP contribution in [0.3, 0.4) is 0 Å². The van der Waals surface area contributed by atoms with Crippen LogP contribution in [0.2, 0.25) is 0 Å². The van der Waals surface area contributed by atoms with Gasteiger partial charge in [-0.25, -0.2) is 4.98 Å². The maximum atomic E-state index is 13.7. The number of nitrogens with zero attached hydrogens (tertiary/aromatic N) is 5. The number of pyridine rings is 1. The standard InChI is InChI=1S/C29H32F3N5O3/c30-29(31,32)27-26(40-28(34-27)37-12-5-2-6-13-37)23(38)18-22-10-11-24(33-20-22)35-14-7-15-36(17-16-35)25(39)19-21-8-3-1-4-9-21/h1,3-4,8-11,20H,2,5-7,12-19H2. The number of oxazole rings is 1. The van der Waals surface area contributed by atoms with E-state index in [2.05, 4.69) is 14.9 Å². The fourth-order valence-corrected chi connectivity index (χ4v) is 5.16. The van der Waals surface area contributed by atoms with Crippen molar-refractivity contribution in [3.63, 3.8) is 0 Å². The van der Waals surface area contributed by atoms with Crippen LogP contribution in [0.5, 0.6) is 0 Å². The molecule has 4 heterocycles. The van der Waals surface area contributed by atoms with Crippen LogP contribution in [0.4, 0.5) is 25.0 Å². The monoisotopic (exact) mass is 555 g/mol. The zero-order valence-corrected chi connectivity index (χ0v) is 22.2. The molecule has 0 bridgehead atoms. The van der Waals surface area contributed by atoms with Crippen molar-refractivity contribution in [2.45, 2.75) is 44.7 Å². The summed E-state index contributed by atoms with van der Waals surface area (Å²) in [4.78, 5) is 39.4. The summed E-state index contributed by atoms with van der Waals surface area (Å²) in [5.41, 5.74) is 0.182. The van der Waals surface area contributed by atoms with Gasteiger partial charge in [-0.1, -0.05) is 36.4 Å². The summed E-state index contributed by atoms with van der Waals surface area (Å²) < 4.78 is 46.4. The molecule has 0 saturated carbocycles. The van der Waals surface area contributed by atoms with E-state index in [4.69, 9.17) is 4.42 Å². The van der Waals surface area contributed by atoms with E-state index in [1.807, 2.05) is 35.2 Å². The molecule has 0 atom stereocenters. The number of hydrogen-bond donors (Lipinski definition) is 0. The van der Waals surface area contributed by atoms with Crippen LogP contribution in [0, 0.1) is 0 Å². The summed E-state index contributed by atoms with van der Waals surface area (Å²) in [7, 11) is 0. The number of hydrogen-bond acceptors (Lipinski definition) is 7. The number of halogens is 3. The number of anilines is 2. The van der Waals surface area contributed by atoms with Crippen LogP contribution in [0.15, 0.2) is 53.1 Å². The molecule has 0 spiro atoms. The molecule has 0 radical (unpaired) electrons. The number of piperidine rings is 1. The first-order chi connectivity index (χ1) is 19.3. The van der Waals surface area contributed by atoms with Gasteiger partial charge in [0.2, 0.25) is 17.5 Å². The SMILES string of the molecule is O=C(Cc1ccc(N2CCCN(C(=O)Cc3ccccc3)CC2)nc1)c1oc(N2CCCCC2)nc1C(F)(F)F. The Morgan fingerprint density at radius 3 is 2.25 bits per heavy atom. The maximum Gasteiger partial charge on any atom is 0.437 e. The van der Waals surface area contributed by atoms with Gasteiger partial charge in [0.25, 0.3) is 6.01 Å². The number of benzene rings is 1. The highest BCUT2D eigenvalue weighted by molar-refractivity contribution is 5.96. The maximum absolute atomic E-state index is 13.7. The van der Waals surface area contributed by atoms with E-state index in [9.17, 15) is 22.8 Å². The Kier molecular flexibility index (Phi) is 8.37. The van der Waals surface area contributed by atoms with Gasteiger partial charge in [0.05, 0.1) is 6.42 Å². The normalized spacial score (nSPS) is 16.6. The number of amides is 1. The Morgan fingerprint density at radius 2 is 1.55 bits per heavy atom. The third kappa shape index (κ3) is 6.63.